The van der Waals surface area contributed by atoms with E-state index in [-0.39, 0.29) is 20.1 Å². The summed E-state index contributed by atoms with van der Waals surface area (Å²) < 4.78 is 0. The molecule has 0 amide bonds. The molecule has 0 aliphatic rings. The van der Waals surface area contributed by atoms with Crippen LogP contribution in [0.1, 0.15) is 5.69 Å². The molecule has 0 unspecified atom stereocenters. The molecule has 3 heteroatoms. The molecule has 1 heterocycles. The van der Waals surface area contributed by atoms with Crippen LogP contribution >= 0.6 is 0 Å². The van der Waals surface area contributed by atoms with Gasteiger partial charge in [0.05, 0.1) is 0 Å². The Morgan fingerprint density at radius 1 is 1.44 bits per heavy atom. The monoisotopic (exact) mass is 299 g/mol. The van der Waals surface area contributed by atoms with E-state index >= 15 is 0 Å². The molecule has 0 spiro atoms. The molecular weight excluding hydrogens is 294 g/mol. The van der Waals surface area contributed by atoms with Gasteiger partial charge in [0, 0.05) is 12.5 Å². The summed E-state index contributed by atoms with van der Waals surface area (Å²) in [6, 6.07) is 5.10. The van der Waals surface area contributed by atoms with E-state index in [2.05, 4.69) is 4.98 Å². The van der Waals surface area contributed by atoms with Crippen LogP contribution < -0.4 is 0 Å². The summed E-state index contributed by atoms with van der Waals surface area (Å²) >= 11 is 0. The Morgan fingerprint density at radius 3 is 2.56 bits per heavy atom. The van der Waals surface area contributed by atoms with Crippen LogP contribution in [0.15, 0.2) is 24.4 Å². The summed E-state index contributed by atoms with van der Waals surface area (Å²) in [5.74, 6) is 0. The van der Waals surface area contributed by atoms with Gasteiger partial charge in [-0.05, 0) is 0 Å². The molecule has 0 saturated carbocycles. The Bertz CT molecular complexity index is 176. The summed E-state index contributed by atoms with van der Waals surface area (Å²) in [4.78, 5) is 13.5. The third-order valence-electron chi connectivity index (χ3n) is 0.769. The first-order valence-electron chi connectivity index (χ1n) is 2.22. The van der Waals surface area contributed by atoms with E-state index in [1.54, 1.807) is 30.7 Å². The number of carbonyl (C=O) groups excluding carboxylic acids is 1. The molecule has 0 aromatic carbocycles. The van der Waals surface area contributed by atoms with Crippen molar-refractivity contribution in [1.82, 2.24) is 4.98 Å². The van der Waals surface area contributed by atoms with Gasteiger partial charge in [0.2, 0.25) is 0 Å². The number of hydrogen-bond acceptors (Lipinski definition) is 2. The van der Waals surface area contributed by atoms with Gasteiger partial charge in [-0.25, -0.2) is 0 Å². The average Bonchev–Trinajstić information content (AvgIpc) is 1.90. The second-order valence-corrected chi connectivity index (χ2v) is 1.32. The van der Waals surface area contributed by atoms with Gasteiger partial charge in [-0.3, -0.25) is 4.98 Å². The van der Waals surface area contributed by atoms with E-state index in [9.17, 15) is 4.79 Å². The third kappa shape index (κ3) is 2.49. The zero-order valence-corrected chi connectivity index (χ0v) is 6.89. The fraction of sp³-hybridized carbons (Fsp3) is 0. The molecule has 2 nitrogen and oxygen atoms in total. The van der Waals surface area contributed by atoms with Gasteiger partial charge < -0.3 is 4.79 Å². The molecule has 0 radical (unpaired) electrons. The van der Waals surface area contributed by atoms with Crippen molar-refractivity contribution in [3.8, 4) is 0 Å². The summed E-state index contributed by atoms with van der Waals surface area (Å²) in [6.07, 6.45) is 3.22. The first kappa shape index (κ1) is 8.47. The van der Waals surface area contributed by atoms with E-state index in [4.69, 9.17) is 0 Å². The third-order valence-corrected chi connectivity index (χ3v) is 0.769. The Labute approximate surface area is 66.7 Å². The maximum absolute atomic E-state index is 9.82. The second-order valence-electron chi connectivity index (χ2n) is 1.32. The maximum atomic E-state index is 9.82. The number of nitrogens with zero attached hydrogens (tertiary/aromatic N) is 1. The van der Waals surface area contributed by atoms with Gasteiger partial charge in [-0.1, -0.05) is 11.8 Å². The van der Waals surface area contributed by atoms with Crippen LogP contribution in [0.5, 0.6) is 0 Å². The summed E-state index contributed by atoms with van der Waals surface area (Å²) in [5.41, 5.74) is 0.354. The minimum Gasteiger partial charge on any atom is -0.417 e. The number of hydrogen-bond donors (Lipinski definition) is 0. The molecule has 0 fully saturated rings. The molecule has 0 aliphatic heterocycles. The molecule has 46 valence electrons. The molecule has 1 aromatic heterocycles. The predicted molar refractivity (Wildman–Crippen MR) is 29.0 cm³/mol. The Balaban J connectivity index is 0.000000640. The number of rotatable bonds is 1. The second kappa shape index (κ2) is 4.36. The Kier molecular flexibility index (Phi) is 4.10. The molecule has 9 heavy (non-hydrogen) atoms. The molecule has 1 aromatic rings. The normalized spacial score (nSPS) is 7.56. The van der Waals surface area contributed by atoms with E-state index in [1.807, 2.05) is 0 Å². The first-order valence-corrected chi connectivity index (χ1v) is 2.22. The molecule has 1 rings (SSSR count). The number of aromatic nitrogens is 1. The van der Waals surface area contributed by atoms with Crippen molar-refractivity contribution in [3.05, 3.63) is 30.1 Å². The first-order chi connectivity index (χ1) is 3.93. The van der Waals surface area contributed by atoms with Crippen LogP contribution in [0.3, 0.4) is 0 Å². The van der Waals surface area contributed by atoms with Gasteiger partial charge in [0.15, 0.2) is 0 Å². The van der Waals surface area contributed by atoms with Crippen LogP contribution in [-0.2, 0) is 24.9 Å². The van der Waals surface area contributed by atoms with Crippen LogP contribution in [-0.4, -0.2) is 11.3 Å². The van der Waals surface area contributed by atoms with E-state index < -0.39 is 0 Å². The predicted octanol–water partition coefficient (Wildman–Crippen LogP) is 0.537. The quantitative estimate of drug-likeness (QED) is 0.708. The van der Waals surface area contributed by atoms with Crippen molar-refractivity contribution in [3.63, 3.8) is 0 Å². The minimum atomic E-state index is 0. The van der Waals surface area contributed by atoms with Gasteiger partial charge in [0.1, 0.15) is 0 Å². The van der Waals surface area contributed by atoms with Crippen LogP contribution in [0.4, 0.5) is 0 Å². The molecule has 0 bridgehead atoms. The van der Waals surface area contributed by atoms with Crippen LogP contribution in [0, 0.1) is 0 Å². The van der Waals surface area contributed by atoms with Gasteiger partial charge >= 0.3 is 20.1 Å². The zero-order valence-electron chi connectivity index (χ0n) is 4.50. The fourth-order valence-electron chi connectivity index (χ4n) is 0.423. The Hall–Kier alpha value is -0.531. The average molecular weight is 298 g/mol. The molecule has 0 aliphatic carbocycles. The van der Waals surface area contributed by atoms with Crippen LogP contribution in [0.25, 0.3) is 0 Å². The minimum absolute atomic E-state index is 0. The Morgan fingerprint density at radius 2 is 2.22 bits per heavy atom. The smallest absolute Gasteiger partial charge is 0.417 e. The maximum Gasteiger partial charge on any atom is 3.00 e. The SMILES string of the molecule is O=[C-]c1ccccn1.[Ir+3]. The topological polar surface area (TPSA) is 30.0 Å². The van der Waals surface area contributed by atoms with Gasteiger partial charge in [0.25, 0.3) is 0 Å². The fourth-order valence-corrected chi connectivity index (χ4v) is 0.423. The van der Waals surface area contributed by atoms with Crippen LogP contribution in [0.2, 0.25) is 0 Å². The summed E-state index contributed by atoms with van der Waals surface area (Å²) in [5, 5.41) is 0. The largest absolute Gasteiger partial charge is 3.00 e. The zero-order chi connectivity index (χ0) is 5.82. The van der Waals surface area contributed by atoms with Crippen molar-refractivity contribution in [2.45, 2.75) is 0 Å². The molecule has 0 saturated heterocycles. The van der Waals surface area contributed by atoms with E-state index in [0.717, 1.165) is 0 Å². The van der Waals surface area contributed by atoms with Gasteiger partial charge in [-0.15, -0.1) is 6.07 Å². The van der Waals surface area contributed by atoms with Crippen molar-refractivity contribution in [2.24, 2.45) is 0 Å². The van der Waals surface area contributed by atoms with E-state index in [0.29, 0.717) is 5.69 Å². The van der Waals surface area contributed by atoms with Crippen molar-refractivity contribution >= 4 is 6.29 Å². The molecular formula is C6H4IrNO+2. The molecule has 0 atom stereocenters. The summed E-state index contributed by atoms with van der Waals surface area (Å²) in [6.45, 7) is 0. The van der Waals surface area contributed by atoms with Crippen molar-refractivity contribution < 1.29 is 24.9 Å². The van der Waals surface area contributed by atoms with E-state index in [1.165, 1.54) is 0 Å². The standard InChI is InChI=1S/C6H4NO.Ir/c8-5-6-3-1-2-4-7-6;/h1-4H;/q-1;+3. The van der Waals surface area contributed by atoms with Gasteiger partial charge in [-0.2, -0.15) is 6.07 Å². The number of pyridine rings is 1. The van der Waals surface area contributed by atoms with Crippen molar-refractivity contribution in [2.75, 3.05) is 0 Å². The molecule has 0 N–H and O–H groups in total. The van der Waals surface area contributed by atoms with Crippen molar-refractivity contribution in [1.29, 1.82) is 0 Å². The summed E-state index contributed by atoms with van der Waals surface area (Å²) in [7, 11) is 0.